The SMILES string of the molecule is Cc1ccc(NC(O)CN(C)c2nc(-c3cc(OC4COC4)ccn3)nc3c2CCC3)cn1. The molecule has 2 aliphatic rings. The van der Waals surface area contributed by atoms with Gasteiger partial charge in [0.25, 0.3) is 0 Å². The first kappa shape index (κ1) is 21.5. The van der Waals surface area contributed by atoms with Crippen LogP contribution in [0.5, 0.6) is 5.75 Å². The molecule has 1 atom stereocenters. The number of aromatic nitrogens is 4. The molecular formula is C24H28N6O3. The number of ether oxygens (including phenoxy) is 2. The molecule has 0 aromatic carbocycles. The van der Waals surface area contributed by atoms with Crippen LogP contribution in [-0.2, 0) is 17.6 Å². The Kier molecular flexibility index (Phi) is 6.06. The lowest BCUT2D eigenvalue weighted by atomic mass is 10.2. The number of nitrogens with zero attached hydrogens (tertiary/aromatic N) is 5. The molecule has 1 aliphatic heterocycles. The van der Waals surface area contributed by atoms with Crippen LogP contribution in [0.3, 0.4) is 0 Å². The van der Waals surface area contributed by atoms with Crippen molar-refractivity contribution < 1.29 is 14.6 Å². The smallest absolute Gasteiger partial charge is 0.180 e. The first-order chi connectivity index (χ1) is 16.0. The summed E-state index contributed by atoms with van der Waals surface area (Å²) in [6.45, 7) is 3.50. The fourth-order valence-corrected chi connectivity index (χ4v) is 4.06. The number of fused-ring (bicyclic) bond motifs is 1. The van der Waals surface area contributed by atoms with Crippen molar-refractivity contribution >= 4 is 11.5 Å². The minimum absolute atomic E-state index is 0.0839. The summed E-state index contributed by atoms with van der Waals surface area (Å²) in [5.74, 6) is 2.13. The Balaban J connectivity index is 1.36. The van der Waals surface area contributed by atoms with Gasteiger partial charge < -0.3 is 24.8 Å². The molecule has 0 bridgehead atoms. The average Bonchev–Trinajstić information content (AvgIpc) is 3.26. The van der Waals surface area contributed by atoms with Gasteiger partial charge >= 0.3 is 0 Å². The number of aliphatic hydroxyl groups excluding tert-OH is 1. The zero-order valence-corrected chi connectivity index (χ0v) is 18.9. The van der Waals surface area contributed by atoms with Gasteiger partial charge in [0.2, 0.25) is 0 Å². The van der Waals surface area contributed by atoms with Gasteiger partial charge in [-0.25, -0.2) is 9.97 Å². The zero-order chi connectivity index (χ0) is 22.8. The summed E-state index contributed by atoms with van der Waals surface area (Å²) in [6, 6.07) is 7.53. The second-order valence-electron chi connectivity index (χ2n) is 8.53. The van der Waals surface area contributed by atoms with Gasteiger partial charge in [-0.2, -0.15) is 0 Å². The topological polar surface area (TPSA) is 106 Å². The van der Waals surface area contributed by atoms with Crippen LogP contribution in [0.15, 0.2) is 36.7 Å². The monoisotopic (exact) mass is 448 g/mol. The summed E-state index contributed by atoms with van der Waals surface area (Å²) in [5.41, 5.74) is 4.56. The van der Waals surface area contributed by atoms with Crippen molar-refractivity contribution in [1.29, 1.82) is 0 Å². The quantitative estimate of drug-likeness (QED) is 0.502. The van der Waals surface area contributed by atoms with Crippen molar-refractivity contribution in [3.05, 3.63) is 53.6 Å². The lowest BCUT2D eigenvalue weighted by Gasteiger charge is -2.27. The normalized spacial score (nSPS) is 16.1. The van der Waals surface area contributed by atoms with Crippen LogP contribution in [0.1, 0.15) is 23.4 Å². The van der Waals surface area contributed by atoms with Gasteiger partial charge in [-0.3, -0.25) is 9.97 Å². The van der Waals surface area contributed by atoms with E-state index in [0.29, 0.717) is 31.3 Å². The van der Waals surface area contributed by atoms with Gasteiger partial charge in [0, 0.05) is 36.3 Å². The van der Waals surface area contributed by atoms with E-state index in [0.717, 1.165) is 53.5 Å². The van der Waals surface area contributed by atoms with Crippen LogP contribution in [0, 0.1) is 6.92 Å². The van der Waals surface area contributed by atoms with E-state index in [2.05, 4.69) is 15.3 Å². The molecule has 2 N–H and O–H groups in total. The highest BCUT2D eigenvalue weighted by molar-refractivity contribution is 5.60. The summed E-state index contributed by atoms with van der Waals surface area (Å²) in [5, 5.41) is 13.7. The van der Waals surface area contributed by atoms with E-state index in [1.807, 2.05) is 43.1 Å². The summed E-state index contributed by atoms with van der Waals surface area (Å²) in [6.07, 6.45) is 5.62. The van der Waals surface area contributed by atoms with E-state index < -0.39 is 6.23 Å². The minimum Gasteiger partial charge on any atom is -0.485 e. The first-order valence-electron chi connectivity index (χ1n) is 11.2. The van der Waals surface area contributed by atoms with Gasteiger partial charge in [-0.15, -0.1) is 0 Å². The molecule has 9 nitrogen and oxygen atoms in total. The number of hydrogen-bond acceptors (Lipinski definition) is 9. The van der Waals surface area contributed by atoms with Crippen LogP contribution < -0.4 is 15.0 Å². The predicted octanol–water partition coefficient (Wildman–Crippen LogP) is 2.38. The van der Waals surface area contributed by atoms with Crippen LogP contribution in [0.4, 0.5) is 11.5 Å². The van der Waals surface area contributed by atoms with E-state index in [1.54, 1.807) is 12.4 Å². The van der Waals surface area contributed by atoms with Crippen LogP contribution >= 0.6 is 0 Å². The highest BCUT2D eigenvalue weighted by Gasteiger charge is 2.24. The number of nitrogens with one attached hydrogen (secondary N) is 1. The fourth-order valence-electron chi connectivity index (χ4n) is 4.06. The van der Waals surface area contributed by atoms with Crippen molar-refractivity contribution in [2.24, 2.45) is 0 Å². The predicted molar refractivity (Wildman–Crippen MR) is 124 cm³/mol. The van der Waals surface area contributed by atoms with Crippen molar-refractivity contribution in [1.82, 2.24) is 19.9 Å². The third kappa shape index (κ3) is 4.89. The largest absolute Gasteiger partial charge is 0.485 e. The number of aryl methyl sites for hydroxylation is 2. The van der Waals surface area contributed by atoms with E-state index in [-0.39, 0.29) is 6.10 Å². The highest BCUT2D eigenvalue weighted by Crippen LogP contribution is 2.31. The Hall–Kier alpha value is -3.30. The fraction of sp³-hybridized carbons (Fsp3) is 0.417. The maximum Gasteiger partial charge on any atom is 0.180 e. The van der Waals surface area contributed by atoms with Crippen LogP contribution in [0.25, 0.3) is 11.5 Å². The van der Waals surface area contributed by atoms with Gasteiger partial charge in [-0.1, -0.05) is 0 Å². The standard InChI is InChI=1S/C24H28N6O3/c1-15-6-7-16(11-26-15)27-22(31)12-30(2)24-19-4-3-5-20(19)28-23(29-24)21-10-17(8-9-25-21)33-18-13-32-14-18/h6-11,18,22,27,31H,3-5,12-14H2,1-2H3. The van der Waals surface area contributed by atoms with Crippen molar-refractivity contribution in [3.63, 3.8) is 0 Å². The second-order valence-corrected chi connectivity index (χ2v) is 8.53. The molecule has 9 heteroatoms. The van der Waals surface area contributed by atoms with E-state index in [1.165, 1.54) is 0 Å². The molecule has 5 rings (SSSR count). The van der Waals surface area contributed by atoms with Crippen molar-refractivity contribution in [2.45, 2.75) is 38.5 Å². The number of hydrogen-bond donors (Lipinski definition) is 2. The van der Waals surface area contributed by atoms with Gasteiger partial charge in [-0.05, 0) is 44.4 Å². The molecule has 0 radical (unpaired) electrons. The van der Waals surface area contributed by atoms with Crippen molar-refractivity contribution in [2.75, 3.05) is 37.0 Å². The number of rotatable bonds is 8. The molecule has 4 heterocycles. The zero-order valence-electron chi connectivity index (χ0n) is 18.9. The Morgan fingerprint density at radius 1 is 1.21 bits per heavy atom. The summed E-state index contributed by atoms with van der Waals surface area (Å²) >= 11 is 0. The summed E-state index contributed by atoms with van der Waals surface area (Å²) in [7, 11) is 1.94. The molecule has 0 spiro atoms. The molecular weight excluding hydrogens is 420 g/mol. The van der Waals surface area contributed by atoms with E-state index >= 15 is 0 Å². The molecule has 172 valence electrons. The maximum atomic E-state index is 10.6. The Morgan fingerprint density at radius 3 is 2.85 bits per heavy atom. The Labute approximate surface area is 192 Å². The Morgan fingerprint density at radius 2 is 2.09 bits per heavy atom. The summed E-state index contributed by atoms with van der Waals surface area (Å²) < 4.78 is 11.1. The molecule has 3 aromatic heterocycles. The van der Waals surface area contributed by atoms with Gasteiger partial charge in [0.15, 0.2) is 5.82 Å². The van der Waals surface area contributed by atoms with E-state index in [4.69, 9.17) is 19.4 Å². The average molecular weight is 449 g/mol. The first-order valence-corrected chi connectivity index (χ1v) is 11.2. The molecule has 1 fully saturated rings. The number of aliphatic hydroxyl groups is 1. The molecule has 3 aromatic rings. The number of pyridine rings is 2. The molecule has 33 heavy (non-hydrogen) atoms. The highest BCUT2D eigenvalue weighted by atomic mass is 16.6. The molecule has 0 amide bonds. The Bertz CT molecular complexity index is 1120. The van der Waals surface area contributed by atoms with Crippen molar-refractivity contribution in [3.8, 4) is 17.3 Å². The molecule has 1 aliphatic carbocycles. The molecule has 1 saturated heterocycles. The third-order valence-corrected chi connectivity index (χ3v) is 5.84. The minimum atomic E-state index is -0.783. The molecule has 0 saturated carbocycles. The van der Waals surface area contributed by atoms with Gasteiger partial charge in [0.1, 0.15) is 29.6 Å². The summed E-state index contributed by atoms with van der Waals surface area (Å²) in [4.78, 5) is 20.4. The van der Waals surface area contributed by atoms with Crippen LogP contribution in [-0.4, -0.2) is 64.2 Å². The van der Waals surface area contributed by atoms with Crippen LogP contribution in [0.2, 0.25) is 0 Å². The second kappa shape index (κ2) is 9.29. The maximum absolute atomic E-state index is 10.6. The number of anilines is 2. The van der Waals surface area contributed by atoms with E-state index in [9.17, 15) is 5.11 Å². The molecule has 1 unspecified atom stereocenters. The number of likely N-dealkylation sites (N-methyl/N-ethyl adjacent to an activating group) is 1. The lowest BCUT2D eigenvalue weighted by molar-refractivity contribution is -0.0796. The third-order valence-electron chi connectivity index (χ3n) is 5.84. The van der Waals surface area contributed by atoms with Gasteiger partial charge in [0.05, 0.1) is 31.6 Å². The lowest BCUT2D eigenvalue weighted by Crippen LogP contribution is -2.38.